The Labute approximate surface area is 383 Å². The molecule has 0 spiro atoms. The molecule has 0 aromatic rings. The van der Waals surface area contributed by atoms with Gasteiger partial charge in [0.25, 0.3) is 0 Å². The summed E-state index contributed by atoms with van der Waals surface area (Å²) in [5, 5.41) is 9.63. The van der Waals surface area contributed by atoms with Crippen molar-refractivity contribution in [3.63, 3.8) is 0 Å². The number of nitrogens with zero attached hydrogens (tertiary/aromatic N) is 1. The van der Waals surface area contributed by atoms with Gasteiger partial charge in [0.05, 0.1) is 34.4 Å². The van der Waals surface area contributed by atoms with E-state index in [1.807, 2.05) is 33.3 Å². The van der Waals surface area contributed by atoms with Crippen molar-refractivity contribution in [2.45, 2.75) is 142 Å². The lowest BCUT2D eigenvalue weighted by Crippen LogP contribution is -2.50. The average molecular weight is 871 g/mol. The molecule has 1 N–H and O–H groups in total. The number of allylic oxidation sites excluding steroid dienone is 24. The fourth-order valence-corrected chi connectivity index (χ4v) is 5.72. The van der Waals surface area contributed by atoms with Crippen LogP contribution in [0, 0.1) is 0 Å². The van der Waals surface area contributed by atoms with Gasteiger partial charge in [-0.25, -0.2) is 4.79 Å². The largest absolute Gasteiger partial charge is 0.477 e. The Hall–Kier alpha value is -4.79. The minimum atomic E-state index is -0.901. The molecule has 2 unspecified atom stereocenters. The summed E-state index contributed by atoms with van der Waals surface area (Å²) in [5.74, 6) is -1.68. The van der Waals surface area contributed by atoms with Gasteiger partial charge in [0.2, 0.25) is 0 Å². The average Bonchev–Trinajstić information content (AvgIpc) is 3.24. The Morgan fingerprint density at radius 3 is 1.21 bits per heavy atom. The maximum Gasteiger partial charge on any atom is 0.362 e. The van der Waals surface area contributed by atoms with Crippen molar-refractivity contribution in [2.24, 2.45) is 0 Å². The van der Waals surface area contributed by atoms with Gasteiger partial charge in [-0.15, -0.1) is 0 Å². The molecular weight excluding hydrogens is 787 g/mol. The maximum absolute atomic E-state index is 12.7. The first-order chi connectivity index (χ1) is 30.6. The second-order valence-corrected chi connectivity index (χ2v) is 15.9. The van der Waals surface area contributed by atoms with Gasteiger partial charge >= 0.3 is 17.9 Å². The molecule has 0 saturated heterocycles. The lowest BCUT2D eigenvalue weighted by Gasteiger charge is -2.31. The number of quaternary nitrogens is 1. The first-order valence-electron chi connectivity index (χ1n) is 23.4. The van der Waals surface area contributed by atoms with Crippen LogP contribution in [-0.2, 0) is 28.6 Å². The number of carbonyl (C=O) groups is 3. The molecule has 0 bridgehead atoms. The molecule has 8 heteroatoms. The third-order valence-electron chi connectivity index (χ3n) is 9.25. The van der Waals surface area contributed by atoms with Gasteiger partial charge in [0, 0.05) is 19.3 Å². The van der Waals surface area contributed by atoms with Crippen LogP contribution in [0.4, 0.5) is 0 Å². The lowest BCUT2D eigenvalue weighted by molar-refractivity contribution is -0.887. The molecular formula is C55H84NO7+. The predicted octanol–water partition coefficient (Wildman–Crippen LogP) is 13.4. The zero-order valence-corrected chi connectivity index (χ0v) is 39.7. The number of rotatable bonds is 39. The molecule has 0 rings (SSSR count). The third-order valence-corrected chi connectivity index (χ3v) is 9.25. The fourth-order valence-electron chi connectivity index (χ4n) is 5.72. The van der Waals surface area contributed by atoms with Gasteiger partial charge in [-0.1, -0.05) is 160 Å². The Bertz CT molecular complexity index is 1530. The molecule has 0 heterocycles. The minimum Gasteiger partial charge on any atom is -0.477 e. The van der Waals surface area contributed by atoms with Crippen molar-refractivity contribution in [3.8, 4) is 0 Å². The molecule has 0 saturated carbocycles. The molecule has 0 aliphatic carbocycles. The maximum atomic E-state index is 12.7. The summed E-state index contributed by atoms with van der Waals surface area (Å²) >= 11 is 0. The Kier molecular flexibility index (Phi) is 40.5. The fraction of sp³-hybridized carbons (Fsp3) is 0.509. The van der Waals surface area contributed by atoms with Crippen molar-refractivity contribution < 1.29 is 38.2 Å². The van der Waals surface area contributed by atoms with Gasteiger partial charge in [-0.05, 0) is 96.3 Å². The summed E-state index contributed by atoms with van der Waals surface area (Å²) in [6.45, 7) is 4.33. The smallest absolute Gasteiger partial charge is 0.362 e. The zero-order valence-electron chi connectivity index (χ0n) is 39.7. The Balaban J connectivity index is 4.57. The molecule has 0 fully saturated rings. The quantitative estimate of drug-likeness (QED) is 0.0284. The van der Waals surface area contributed by atoms with Crippen molar-refractivity contribution in [3.05, 3.63) is 146 Å². The summed E-state index contributed by atoms with van der Waals surface area (Å²) in [7, 11) is 5.47. The van der Waals surface area contributed by atoms with Crippen LogP contribution < -0.4 is 0 Å². The zero-order chi connectivity index (χ0) is 46.3. The van der Waals surface area contributed by atoms with Gasteiger partial charge in [-0.3, -0.25) is 9.59 Å². The van der Waals surface area contributed by atoms with Crippen molar-refractivity contribution in [2.75, 3.05) is 41.0 Å². The van der Waals surface area contributed by atoms with E-state index in [2.05, 4.69) is 148 Å². The summed E-state index contributed by atoms with van der Waals surface area (Å²) in [6.07, 6.45) is 64.9. The molecule has 350 valence electrons. The van der Waals surface area contributed by atoms with E-state index in [9.17, 15) is 19.5 Å². The van der Waals surface area contributed by atoms with E-state index in [0.717, 1.165) is 83.5 Å². The topological polar surface area (TPSA) is 99.1 Å². The number of likely N-dealkylation sites (N-methyl/N-ethyl adjacent to an activating group) is 1. The number of ether oxygens (including phenoxy) is 3. The number of carbonyl (C=O) groups excluding carboxylic acids is 2. The van der Waals surface area contributed by atoms with Crippen LogP contribution in [0.5, 0.6) is 0 Å². The Morgan fingerprint density at radius 1 is 0.476 bits per heavy atom. The SMILES string of the molecule is CC/C=C/C/C=C/C/C=C/C/C=C/C/C=C/C/C=C/CCCC(=O)OC(COCCC(C(=O)O)[N+](C)(C)C)COC(=O)CC/C=C/C/C=C/C/C=C/C/C=C/C/C=C/C/C=C/CC. The summed E-state index contributed by atoms with van der Waals surface area (Å²) < 4.78 is 17.1. The van der Waals surface area contributed by atoms with Crippen LogP contribution in [0.15, 0.2) is 146 Å². The molecule has 0 amide bonds. The number of esters is 2. The highest BCUT2D eigenvalue weighted by Gasteiger charge is 2.31. The monoisotopic (exact) mass is 871 g/mol. The highest BCUT2D eigenvalue weighted by atomic mass is 16.6. The van der Waals surface area contributed by atoms with E-state index >= 15 is 0 Å². The minimum absolute atomic E-state index is 0.00278. The predicted molar refractivity (Wildman–Crippen MR) is 265 cm³/mol. The molecule has 0 aliphatic heterocycles. The van der Waals surface area contributed by atoms with Crippen LogP contribution in [-0.4, -0.2) is 80.6 Å². The van der Waals surface area contributed by atoms with Gasteiger partial charge in [-0.2, -0.15) is 0 Å². The van der Waals surface area contributed by atoms with Crippen LogP contribution in [0.3, 0.4) is 0 Å². The molecule has 0 aromatic carbocycles. The van der Waals surface area contributed by atoms with Crippen molar-refractivity contribution in [1.82, 2.24) is 0 Å². The molecule has 0 radical (unpaired) electrons. The first-order valence-corrected chi connectivity index (χ1v) is 23.4. The Morgan fingerprint density at radius 2 is 0.841 bits per heavy atom. The van der Waals surface area contributed by atoms with E-state index in [4.69, 9.17) is 14.2 Å². The standard InChI is InChI=1S/C55H83NO7/c1-6-8-10-12-14-16-18-20-22-24-26-28-30-32-34-36-38-40-42-44-46-54(58)63-51(49-61-48-47-52(55(59)60)56(3,4)5)50-62-53(57)45-43-41-39-37-35-33-31-29-27-25-23-21-19-17-15-13-11-9-7-2/h8-11,14-17,20-23,26-29,32-35,38-41,51-52H,6-7,12-13,18-19,24-25,30-31,36-37,42-50H2,1-5H3/p+1/b10-8+,11-9+,16-14+,17-15+,22-20+,23-21+,28-26+,29-27+,34-32+,35-33+,40-38+,41-39+. The van der Waals surface area contributed by atoms with Crippen LogP contribution in [0.1, 0.15) is 129 Å². The molecule has 2 atom stereocenters. The van der Waals surface area contributed by atoms with E-state index in [1.165, 1.54) is 0 Å². The van der Waals surface area contributed by atoms with E-state index < -0.39 is 24.1 Å². The van der Waals surface area contributed by atoms with Gasteiger partial charge in [0.15, 0.2) is 12.1 Å². The molecule has 0 aliphatic rings. The van der Waals surface area contributed by atoms with E-state index in [-0.39, 0.29) is 49.5 Å². The number of aliphatic carboxylic acids is 1. The summed E-state index contributed by atoms with van der Waals surface area (Å²) in [4.78, 5) is 37.0. The first kappa shape index (κ1) is 58.2. The highest BCUT2D eigenvalue weighted by molar-refractivity contribution is 5.72. The lowest BCUT2D eigenvalue weighted by atomic mass is 10.1. The number of hydrogen-bond donors (Lipinski definition) is 1. The van der Waals surface area contributed by atoms with Gasteiger partial charge in [0.1, 0.15) is 6.61 Å². The number of unbranched alkanes of at least 4 members (excludes halogenated alkanes) is 1. The normalized spacial score (nSPS) is 14.2. The number of carboxylic acids is 1. The molecule has 0 aromatic heterocycles. The van der Waals surface area contributed by atoms with Crippen LogP contribution >= 0.6 is 0 Å². The second-order valence-electron chi connectivity index (χ2n) is 15.9. The summed E-state index contributed by atoms with van der Waals surface area (Å²) in [6, 6.07) is -0.646. The highest BCUT2D eigenvalue weighted by Crippen LogP contribution is 2.10. The third kappa shape index (κ3) is 42.3. The van der Waals surface area contributed by atoms with Crippen molar-refractivity contribution >= 4 is 17.9 Å². The number of carboxylic acid groups (broad SMARTS) is 1. The molecule has 63 heavy (non-hydrogen) atoms. The van der Waals surface area contributed by atoms with E-state index in [1.54, 1.807) is 0 Å². The summed E-state index contributed by atoms with van der Waals surface area (Å²) in [5.41, 5.74) is 0. The van der Waals surface area contributed by atoms with Gasteiger partial charge < -0.3 is 23.8 Å². The van der Waals surface area contributed by atoms with Crippen molar-refractivity contribution in [1.29, 1.82) is 0 Å². The van der Waals surface area contributed by atoms with E-state index in [0.29, 0.717) is 12.8 Å². The number of hydrogen-bond acceptors (Lipinski definition) is 6. The molecule has 8 nitrogen and oxygen atoms in total. The van der Waals surface area contributed by atoms with Crippen LogP contribution in [0.2, 0.25) is 0 Å². The second kappa shape index (κ2) is 43.8. The van der Waals surface area contributed by atoms with Crippen LogP contribution in [0.25, 0.3) is 0 Å².